The summed E-state index contributed by atoms with van der Waals surface area (Å²) >= 11 is 12.3. The van der Waals surface area contributed by atoms with Gasteiger partial charge in [-0.25, -0.2) is 9.44 Å². The molecule has 0 saturated heterocycles. The first-order valence-electron chi connectivity index (χ1n) is 20.6. The summed E-state index contributed by atoms with van der Waals surface area (Å²) in [5.41, 5.74) is -1.55. The number of carbonyl (C=O) groups excluding carboxylic acids is 3. The van der Waals surface area contributed by atoms with Crippen molar-refractivity contribution in [3.05, 3.63) is 116 Å². The van der Waals surface area contributed by atoms with E-state index in [9.17, 15) is 67.5 Å². The van der Waals surface area contributed by atoms with Gasteiger partial charge in [0.1, 0.15) is 54.5 Å². The van der Waals surface area contributed by atoms with Gasteiger partial charge in [0.2, 0.25) is 0 Å². The molecule has 2 aliphatic rings. The SMILES string of the molecule is CCNS(=O)(=O)N[C@H](COc1cc(C(F)(F)F)ccc1[C@@H]1CC(=O)c2cccc(Cl)c2O1)C(C)=O.CCNS(=O)(=O)N[C@H](COc1cc(C(F)(F)F)ccc1[C@H]1CC(=O)c2cccc(Cl)c2O1)C(=O)O. The van der Waals surface area contributed by atoms with Crippen LogP contribution in [0.4, 0.5) is 26.3 Å². The summed E-state index contributed by atoms with van der Waals surface area (Å²) in [5.74, 6) is -3.53. The van der Waals surface area contributed by atoms with Crippen LogP contribution in [0.1, 0.15) is 88.8 Å². The number of carbonyl (C=O) groups is 4. The molecule has 380 valence electrons. The number of nitrogens with one attached hydrogen (secondary N) is 4. The molecule has 0 unspecified atom stereocenters. The maximum Gasteiger partial charge on any atom is 0.416 e. The molecule has 0 aliphatic carbocycles. The fourth-order valence-corrected chi connectivity index (χ4v) is 9.26. The fourth-order valence-electron chi connectivity index (χ4n) is 6.75. The molecule has 0 fully saturated rings. The molecule has 27 heteroatoms. The van der Waals surface area contributed by atoms with Gasteiger partial charge in [-0.15, -0.1) is 0 Å². The number of ether oxygens (including phenoxy) is 4. The van der Waals surface area contributed by atoms with E-state index in [2.05, 4.69) is 9.44 Å². The third-order valence-corrected chi connectivity index (χ3v) is 13.2. The maximum atomic E-state index is 13.4. The highest BCUT2D eigenvalue weighted by molar-refractivity contribution is 7.87. The van der Waals surface area contributed by atoms with Gasteiger partial charge in [0.25, 0.3) is 20.4 Å². The van der Waals surface area contributed by atoms with Gasteiger partial charge in [-0.1, -0.05) is 61.3 Å². The molecule has 4 aromatic carbocycles. The summed E-state index contributed by atoms with van der Waals surface area (Å²) < 4.78 is 159. The van der Waals surface area contributed by atoms with Crippen molar-refractivity contribution < 1.29 is 86.4 Å². The van der Waals surface area contributed by atoms with Crippen LogP contribution in [0.15, 0.2) is 72.8 Å². The minimum Gasteiger partial charge on any atom is -0.491 e. The zero-order valence-corrected chi connectivity index (χ0v) is 39.8. The highest BCUT2D eigenvalue weighted by atomic mass is 35.5. The van der Waals surface area contributed by atoms with Crippen molar-refractivity contribution in [2.24, 2.45) is 0 Å². The van der Waals surface area contributed by atoms with Crippen LogP contribution in [0.2, 0.25) is 10.0 Å². The summed E-state index contributed by atoms with van der Waals surface area (Å²) in [7, 11) is -8.27. The molecule has 0 radical (unpaired) electrons. The van der Waals surface area contributed by atoms with Crippen molar-refractivity contribution in [3.8, 4) is 23.0 Å². The van der Waals surface area contributed by atoms with E-state index in [0.717, 1.165) is 31.2 Å². The largest absolute Gasteiger partial charge is 0.491 e. The van der Waals surface area contributed by atoms with Crippen LogP contribution < -0.4 is 37.8 Å². The van der Waals surface area contributed by atoms with Crippen LogP contribution in [-0.4, -0.2) is 83.6 Å². The zero-order valence-electron chi connectivity index (χ0n) is 36.7. The summed E-state index contributed by atoms with van der Waals surface area (Å²) in [6, 6.07) is 11.0. The third-order valence-electron chi connectivity index (χ3n) is 10.0. The number of halogens is 8. The van der Waals surface area contributed by atoms with E-state index < -0.39 is 98.9 Å². The van der Waals surface area contributed by atoms with Gasteiger partial charge in [-0.3, -0.25) is 19.2 Å². The quantitative estimate of drug-likeness (QED) is 0.0621. The first-order chi connectivity index (χ1) is 32.6. The molecule has 4 aromatic rings. The van der Waals surface area contributed by atoms with Gasteiger partial charge in [0.15, 0.2) is 23.4 Å². The zero-order chi connectivity index (χ0) is 51.9. The second-order valence-electron chi connectivity index (χ2n) is 15.1. The first-order valence-corrected chi connectivity index (χ1v) is 24.3. The molecule has 70 heavy (non-hydrogen) atoms. The van der Waals surface area contributed by atoms with Crippen LogP contribution in [0, 0.1) is 0 Å². The predicted molar refractivity (Wildman–Crippen MR) is 239 cm³/mol. The van der Waals surface area contributed by atoms with Crippen molar-refractivity contribution in [1.29, 1.82) is 0 Å². The lowest BCUT2D eigenvalue weighted by Crippen LogP contribution is -2.49. The first kappa shape index (κ1) is 55.4. The number of alkyl halides is 6. The van der Waals surface area contributed by atoms with E-state index in [-0.39, 0.29) is 87.0 Å². The summed E-state index contributed by atoms with van der Waals surface area (Å²) in [6.07, 6.45) is -12.0. The molecule has 0 aromatic heterocycles. The monoisotopic (exact) mass is 1070 g/mol. The Bertz CT molecular complexity index is 2670. The molecule has 0 amide bonds. The molecular formula is C43H42Cl2F6N4O13S2. The van der Waals surface area contributed by atoms with E-state index in [4.69, 9.17) is 42.1 Å². The Morgan fingerprint density at radius 3 is 1.43 bits per heavy atom. The minimum atomic E-state index is -4.76. The number of rotatable bonds is 18. The number of hydrogen-bond donors (Lipinski definition) is 5. The maximum absolute atomic E-state index is 13.4. The number of aliphatic carboxylic acids is 1. The molecule has 2 aliphatic heterocycles. The van der Waals surface area contributed by atoms with Crippen LogP contribution in [0.5, 0.6) is 23.0 Å². The number of fused-ring (bicyclic) bond motifs is 2. The molecule has 6 rings (SSSR count). The van der Waals surface area contributed by atoms with Gasteiger partial charge in [0.05, 0.1) is 45.1 Å². The highest BCUT2D eigenvalue weighted by Crippen LogP contribution is 2.45. The minimum absolute atomic E-state index is 0.0237. The van der Waals surface area contributed by atoms with Gasteiger partial charge >= 0.3 is 18.3 Å². The number of carboxylic acid groups (broad SMARTS) is 1. The summed E-state index contributed by atoms with van der Waals surface area (Å²) in [6.45, 7) is 2.67. The molecule has 0 saturated carbocycles. The second-order valence-corrected chi connectivity index (χ2v) is 19.0. The average molecular weight is 1070 g/mol. The van der Waals surface area contributed by atoms with Gasteiger partial charge in [0, 0.05) is 24.2 Å². The number of hydrogen-bond acceptors (Lipinski definition) is 12. The van der Waals surface area contributed by atoms with E-state index in [1.807, 2.05) is 9.44 Å². The average Bonchev–Trinajstić information content (AvgIpc) is 3.26. The topological polar surface area (TPSA) is 242 Å². The number of para-hydroxylation sites is 2. The number of benzene rings is 4. The van der Waals surface area contributed by atoms with E-state index >= 15 is 0 Å². The Hall–Kier alpha value is -5.54. The van der Waals surface area contributed by atoms with E-state index in [1.54, 1.807) is 12.1 Å². The lowest BCUT2D eigenvalue weighted by Gasteiger charge is -2.28. The molecule has 17 nitrogen and oxygen atoms in total. The fraction of sp³-hybridized carbons (Fsp3) is 0.349. The van der Waals surface area contributed by atoms with Gasteiger partial charge in [-0.05, 0) is 55.5 Å². The normalized spacial score (nSPS) is 16.8. The van der Waals surface area contributed by atoms with Crippen molar-refractivity contribution in [3.63, 3.8) is 0 Å². The Morgan fingerprint density at radius 1 is 0.686 bits per heavy atom. The summed E-state index contributed by atoms with van der Waals surface area (Å²) in [5, 5.41) is 9.64. The number of carboxylic acids is 1. The standard InChI is InChI=1S/C22H22ClF3N2O6S.C21H20ClF3N2O7S/c1-3-27-35(31,32)28-17(12(2)29)11-33-19-9-13(22(24,25)26)7-8-15(19)20-10-18(30)14-5-4-6-16(23)21(14)34-20;1-2-26-35(31,32)27-15(20(29)30)10-33-17-8-11(21(23,24)25)6-7-13(17)18-9-16(28)12-4-3-5-14(22)19(12)34-18/h4-9,17,20,27-28H,3,10-11H2,1-2H3;3-8,15,18,26-27H,2,9-10H2,1H3,(H,29,30)/t17-,20+;15-,18-/m11/s1. The van der Waals surface area contributed by atoms with Crippen LogP contribution in [0.25, 0.3) is 0 Å². The predicted octanol–water partition coefficient (Wildman–Crippen LogP) is 7.19. The lowest BCUT2D eigenvalue weighted by molar-refractivity contribution is -0.140. The molecular weight excluding hydrogens is 1030 g/mol. The molecule has 0 bridgehead atoms. The lowest BCUT2D eigenvalue weighted by atomic mass is 9.95. The van der Waals surface area contributed by atoms with E-state index in [0.29, 0.717) is 12.1 Å². The Labute approximate surface area is 406 Å². The Morgan fingerprint density at radius 2 is 1.07 bits per heavy atom. The van der Waals surface area contributed by atoms with Crippen molar-refractivity contribution >= 4 is 66.9 Å². The highest BCUT2D eigenvalue weighted by Gasteiger charge is 2.38. The Balaban J connectivity index is 0.000000261. The number of Topliss-reactive ketones (excluding diaryl/α,β-unsaturated/α-hetero) is 3. The molecule has 0 spiro atoms. The Kier molecular flexibility index (Phi) is 18.0. The summed E-state index contributed by atoms with van der Waals surface area (Å²) in [4.78, 5) is 48.8. The van der Waals surface area contributed by atoms with Gasteiger partial charge in [-0.2, -0.15) is 52.6 Å². The van der Waals surface area contributed by atoms with Crippen LogP contribution in [-0.2, 0) is 42.4 Å². The van der Waals surface area contributed by atoms with Crippen molar-refractivity contribution in [1.82, 2.24) is 18.9 Å². The van der Waals surface area contributed by atoms with Crippen LogP contribution in [0.3, 0.4) is 0 Å². The molecule has 4 atom stereocenters. The second kappa shape index (κ2) is 22.7. The molecule has 5 N–H and O–H groups in total. The third kappa shape index (κ3) is 14.3. The van der Waals surface area contributed by atoms with Crippen LogP contribution >= 0.6 is 23.2 Å². The molecule has 2 heterocycles. The van der Waals surface area contributed by atoms with E-state index in [1.165, 1.54) is 38.1 Å². The van der Waals surface area contributed by atoms with Crippen molar-refractivity contribution in [2.45, 2.75) is 70.3 Å². The van der Waals surface area contributed by atoms with Gasteiger partial charge < -0.3 is 24.1 Å². The number of ketones is 3. The smallest absolute Gasteiger partial charge is 0.416 e. The van der Waals surface area contributed by atoms with Crippen molar-refractivity contribution in [2.75, 3.05) is 26.3 Å².